The van der Waals surface area contributed by atoms with E-state index in [1.54, 1.807) is 23.1 Å². The molecule has 0 bridgehead atoms. The lowest BCUT2D eigenvalue weighted by atomic mass is 10.1. The Hall–Kier alpha value is -0.520. The summed E-state index contributed by atoms with van der Waals surface area (Å²) in [5.41, 5.74) is 0.553. The molecule has 7 atom stereocenters. The average Bonchev–Trinajstić information content (AvgIpc) is 2.87. The molecule has 0 radical (unpaired) electrons. The van der Waals surface area contributed by atoms with Gasteiger partial charge < -0.3 is 35.0 Å². The Labute approximate surface area is 166 Å². The first-order chi connectivity index (χ1) is 12.8. The van der Waals surface area contributed by atoms with Gasteiger partial charge in [0.15, 0.2) is 6.29 Å². The molecule has 10 heteroatoms. The number of hydrogen-bond acceptors (Lipinski definition) is 8. The predicted molar refractivity (Wildman–Crippen MR) is 96.5 cm³/mol. The van der Waals surface area contributed by atoms with E-state index in [0.717, 1.165) is 0 Å². The molecule has 0 amide bonds. The Kier molecular flexibility index (Phi) is 6.97. The van der Waals surface area contributed by atoms with Crippen LogP contribution in [0, 0.1) is 0 Å². The maximum absolute atomic E-state index is 10.6. The minimum atomic E-state index is -1.15. The van der Waals surface area contributed by atoms with Crippen LogP contribution in [0.4, 0.5) is 0 Å². The molecule has 3 rings (SSSR count). The third kappa shape index (κ3) is 4.73. The van der Waals surface area contributed by atoms with Crippen LogP contribution in [0.25, 0.3) is 0 Å². The fourth-order valence-corrected chi connectivity index (χ4v) is 4.06. The van der Waals surface area contributed by atoms with E-state index in [9.17, 15) is 25.5 Å². The minimum absolute atomic E-state index is 0.00983. The molecule has 0 spiro atoms. The number of halogens is 2. The van der Waals surface area contributed by atoms with E-state index < -0.39 is 42.9 Å². The van der Waals surface area contributed by atoms with Crippen LogP contribution in [0.1, 0.15) is 11.9 Å². The zero-order valence-electron chi connectivity index (χ0n) is 14.4. The number of hydrogen-bond donors (Lipinski definition) is 5. The number of likely N-dealkylation sites (tertiary alicyclic amines) is 1. The van der Waals surface area contributed by atoms with Crippen molar-refractivity contribution in [3.8, 4) is 0 Å². The van der Waals surface area contributed by atoms with Gasteiger partial charge in [-0.1, -0.05) is 23.2 Å². The molecule has 1 aromatic carbocycles. The first-order valence-corrected chi connectivity index (χ1v) is 9.36. The van der Waals surface area contributed by atoms with Crippen molar-refractivity contribution in [1.29, 1.82) is 0 Å². The fraction of sp³-hybridized carbons (Fsp3) is 0.647. The summed E-state index contributed by atoms with van der Waals surface area (Å²) in [5, 5.41) is 50.7. The molecular weight excluding hydrogens is 401 g/mol. The van der Waals surface area contributed by atoms with Gasteiger partial charge in [-0.25, -0.2) is 0 Å². The quantitative estimate of drug-likeness (QED) is 0.430. The van der Waals surface area contributed by atoms with E-state index >= 15 is 0 Å². The molecule has 2 aliphatic rings. The highest BCUT2D eigenvalue weighted by Gasteiger charge is 2.43. The van der Waals surface area contributed by atoms with Gasteiger partial charge in [0.2, 0.25) is 0 Å². The van der Waals surface area contributed by atoms with Gasteiger partial charge in [0.05, 0.1) is 37.6 Å². The second-order valence-electron chi connectivity index (χ2n) is 6.87. The van der Waals surface area contributed by atoms with Gasteiger partial charge >= 0.3 is 0 Å². The Morgan fingerprint density at radius 1 is 1.11 bits per heavy atom. The van der Waals surface area contributed by atoms with Crippen LogP contribution in [0.2, 0.25) is 10.0 Å². The Morgan fingerprint density at radius 3 is 2.41 bits per heavy atom. The molecule has 2 fully saturated rings. The minimum Gasteiger partial charge on any atom is -0.395 e. The largest absolute Gasteiger partial charge is 0.395 e. The van der Waals surface area contributed by atoms with Crippen LogP contribution in [-0.2, 0) is 9.47 Å². The Balaban J connectivity index is 1.69. The van der Waals surface area contributed by atoms with Crippen LogP contribution in [0.15, 0.2) is 18.2 Å². The normalized spacial score (nSPS) is 36.1. The molecule has 2 saturated heterocycles. The molecule has 2 aliphatic heterocycles. The highest BCUT2D eigenvalue weighted by atomic mass is 35.5. The van der Waals surface area contributed by atoms with Crippen molar-refractivity contribution in [3.05, 3.63) is 33.8 Å². The summed E-state index contributed by atoms with van der Waals surface area (Å²) in [7, 11) is 0. The van der Waals surface area contributed by atoms with Gasteiger partial charge in [-0.15, -0.1) is 0 Å². The topological polar surface area (TPSA) is 123 Å². The van der Waals surface area contributed by atoms with E-state index in [1.807, 2.05) is 0 Å². The molecule has 1 unspecified atom stereocenters. The van der Waals surface area contributed by atoms with Gasteiger partial charge in [-0.3, -0.25) is 4.90 Å². The van der Waals surface area contributed by atoms with E-state index in [0.29, 0.717) is 15.6 Å². The highest BCUT2D eigenvalue weighted by Crippen LogP contribution is 2.32. The predicted octanol–water partition coefficient (Wildman–Crippen LogP) is -0.472. The van der Waals surface area contributed by atoms with Gasteiger partial charge in [-0.05, 0) is 18.2 Å². The average molecular weight is 424 g/mol. The van der Waals surface area contributed by atoms with Crippen molar-refractivity contribution < 1.29 is 35.0 Å². The van der Waals surface area contributed by atoms with Gasteiger partial charge in [0, 0.05) is 28.7 Å². The molecule has 152 valence electrons. The van der Waals surface area contributed by atoms with Gasteiger partial charge in [0.1, 0.15) is 12.2 Å². The maximum Gasteiger partial charge on any atom is 0.184 e. The van der Waals surface area contributed by atoms with Crippen molar-refractivity contribution in [1.82, 2.24) is 4.90 Å². The number of aliphatic hydroxyl groups excluding tert-OH is 5. The number of aliphatic hydroxyl groups is 5. The molecule has 0 aliphatic carbocycles. The Bertz CT molecular complexity index is 631. The summed E-state index contributed by atoms with van der Waals surface area (Å²) in [6.45, 7) is -0.350. The van der Waals surface area contributed by atoms with Crippen LogP contribution < -0.4 is 0 Å². The first kappa shape index (κ1) is 21.2. The standard InChI is InChI=1S/C17H23Cl2NO7/c18-9-1-8(2-10(19)3-9)17-26-7-14(24)16(27-17)13(23)5-20-4-12(22)15(25)11(20)6-21/h1-3,11-17,21-25H,4-7H2/t11-,12-,13-,14-,15-,16-,17?/m1/s1. The van der Waals surface area contributed by atoms with Crippen molar-refractivity contribution in [2.45, 2.75) is 42.9 Å². The summed E-state index contributed by atoms with van der Waals surface area (Å²) < 4.78 is 11.2. The van der Waals surface area contributed by atoms with Crippen LogP contribution in [-0.4, -0.2) is 93.3 Å². The second-order valence-corrected chi connectivity index (χ2v) is 7.74. The van der Waals surface area contributed by atoms with Crippen LogP contribution >= 0.6 is 23.2 Å². The molecule has 5 N–H and O–H groups in total. The molecule has 27 heavy (non-hydrogen) atoms. The van der Waals surface area contributed by atoms with Crippen molar-refractivity contribution in [2.75, 3.05) is 26.3 Å². The fourth-order valence-electron chi connectivity index (χ4n) is 3.52. The molecular formula is C17H23Cl2NO7. The zero-order chi connectivity index (χ0) is 19.7. The van der Waals surface area contributed by atoms with Crippen LogP contribution in [0.3, 0.4) is 0 Å². The smallest absolute Gasteiger partial charge is 0.184 e. The Morgan fingerprint density at radius 2 is 1.78 bits per heavy atom. The van der Waals surface area contributed by atoms with Gasteiger partial charge in [0.25, 0.3) is 0 Å². The lowest BCUT2D eigenvalue weighted by molar-refractivity contribution is -0.276. The highest BCUT2D eigenvalue weighted by molar-refractivity contribution is 6.34. The summed E-state index contributed by atoms with van der Waals surface area (Å²) in [4.78, 5) is 1.57. The number of rotatable bonds is 5. The number of ether oxygens (including phenoxy) is 2. The lowest BCUT2D eigenvalue weighted by Crippen LogP contribution is -2.52. The van der Waals surface area contributed by atoms with E-state index in [1.165, 1.54) is 0 Å². The zero-order valence-corrected chi connectivity index (χ0v) is 15.9. The first-order valence-electron chi connectivity index (χ1n) is 8.60. The molecule has 2 heterocycles. The summed E-state index contributed by atoms with van der Waals surface area (Å²) in [5.74, 6) is 0. The van der Waals surface area contributed by atoms with E-state index in [4.69, 9.17) is 32.7 Å². The maximum atomic E-state index is 10.6. The molecule has 0 saturated carbocycles. The van der Waals surface area contributed by atoms with Gasteiger partial charge in [-0.2, -0.15) is 0 Å². The number of nitrogens with zero attached hydrogens (tertiary/aromatic N) is 1. The molecule has 0 aromatic heterocycles. The lowest BCUT2D eigenvalue weighted by Gasteiger charge is -2.38. The summed E-state index contributed by atoms with van der Waals surface area (Å²) in [6.07, 6.45) is -6.19. The summed E-state index contributed by atoms with van der Waals surface area (Å²) >= 11 is 12.0. The molecule has 8 nitrogen and oxygen atoms in total. The van der Waals surface area contributed by atoms with E-state index in [-0.39, 0.29) is 26.3 Å². The number of benzene rings is 1. The van der Waals surface area contributed by atoms with Crippen LogP contribution in [0.5, 0.6) is 0 Å². The van der Waals surface area contributed by atoms with Crippen molar-refractivity contribution >= 4 is 23.2 Å². The van der Waals surface area contributed by atoms with Crippen molar-refractivity contribution in [3.63, 3.8) is 0 Å². The second kappa shape index (κ2) is 8.87. The van der Waals surface area contributed by atoms with E-state index in [2.05, 4.69) is 0 Å². The third-order valence-corrected chi connectivity index (χ3v) is 5.34. The summed E-state index contributed by atoms with van der Waals surface area (Å²) in [6, 6.07) is 4.10. The third-order valence-electron chi connectivity index (χ3n) is 4.90. The monoisotopic (exact) mass is 423 g/mol. The number of β-amino-alcohol motifs (C(OH)–C–C–N with tert-alkyl or cyclic N) is 2. The van der Waals surface area contributed by atoms with Crippen molar-refractivity contribution in [2.24, 2.45) is 0 Å². The molecule has 1 aromatic rings. The SMILES string of the molecule is OC[C@@H]1[C@@H](O)[C@H](O)CN1C[C@@H](O)[C@H]1OC(c2cc(Cl)cc(Cl)c2)OC[C@H]1O.